The van der Waals surface area contributed by atoms with E-state index in [4.69, 9.17) is 0 Å². The molecule has 1 atom stereocenters. The van der Waals surface area contributed by atoms with Gasteiger partial charge < -0.3 is 9.80 Å². The summed E-state index contributed by atoms with van der Waals surface area (Å²) in [5.74, 6) is -0.207. The number of thiophene rings is 1. The minimum absolute atomic E-state index is 0.207. The van der Waals surface area contributed by atoms with Crippen LogP contribution in [-0.2, 0) is 14.8 Å². The average molecular weight is 394 g/mol. The summed E-state index contributed by atoms with van der Waals surface area (Å²) in [6.45, 7) is 4.61. The molecule has 0 unspecified atom stereocenters. The summed E-state index contributed by atoms with van der Waals surface area (Å²) in [5.41, 5.74) is 0.647. The van der Waals surface area contributed by atoms with Gasteiger partial charge in [-0.15, -0.1) is 11.3 Å². The van der Waals surface area contributed by atoms with E-state index in [-0.39, 0.29) is 10.1 Å². The quantitative estimate of drug-likeness (QED) is 0.842. The number of nitrogens with one attached hydrogen (secondary N) is 1. The largest absolute Gasteiger partial charge is 0.338 e. The third-order valence-electron chi connectivity index (χ3n) is 4.45. The maximum Gasteiger partial charge on any atom is 0.251 e. The second kappa shape index (κ2) is 7.87. The standard InChI is InChI=1S/C18H23N3O3S2/c1-14-8-9-16(25-14)26(23,24)19-17(15-6-4-3-5-7-15)18(22)21-12-10-20(2)11-13-21/h3-9,17,19H,10-13H2,1-2H3/t17-/m0/s1. The van der Waals surface area contributed by atoms with Gasteiger partial charge in [-0.2, -0.15) is 4.72 Å². The Bertz CT molecular complexity index is 857. The van der Waals surface area contributed by atoms with Gasteiger partial charge in [-0.3, -0.25) is 4.79 Å². The van der Waals surface area contributed by atoms with Crippen molar-refractivity contribution in [3.8, 4) is 0 Å². The predicted molar refractivity (Wildman–Crippen MR) is 103 cm³/mol. The van der Waals surface area contributed by atoms with Crippen molar-refractivity contribution in [1.82, 2.24) is 14.5 Å². The first-order valence-corrected chi connectivity index (χ1v) is 10.8. The van der Waals surface area contributed by atoms with Crippen molar-refractivity contribution in [3.63, 3.8) is 0 Å². The highest BCUT2D eigenvalue weighted by atomic mass is 32.2. The zero-order chi connectivity index (χ0) is 18.7. The number of sulfonamides is 1. The molecule has 2 heterocycles. The number of amides is 1. The highest BCUT2D eigenvalue weighted by Crippen LogP contribution is 2.24. The molecule has 1 aromatic heterocycles. The first-order valence-electron chi connectivity index (χ1n) is 8.48. The molecular formula is C18H23N3O3S2. The van der Waals surface area contributed by atoms with Crippen LogP contribution in [0, 0.1) is 6.92 Å². The van der Waals surface area contributed by atoms with Crippen molar-refractivity contribution >= 4 is 27.3 Å². The molecule has 0 bridgehead atoms. The number of aryl methyl sites for hydroxylation is 1. The van der Waals surface area contributed by atoms with Crippen molar-refractivity contribution in [3.05, 3.63) is 52.9 Å². The summed E-state index contributed by atoms with van der Waals surface area (Å²) in [6, 6.07) is 11.4. The predicted octanol–water partition coefficient (Wildman–Crippen LogP) is 1.85. The minimum Gasteiger partial charge on any atom is -0.338 e. The third-order valence-corrected chi connectivity index (χ3v) is 7.36. The van der Waals surface area contributed by atoms with E-state index >= 15 is 0 Å². The summed E-state index contributed by atoms with van der Waals surface area (Å²) >= 11 is 1.20. The number of benzene rings is 1. The van der Waals surface area contributed by atoms with Crippen LogP contribution in [0.25, 0.3) is 0 Å². The molecule has 0 saturated carbocycles. The molecule has 0 radical (unpaired) electrons. The monoisotopic (exact) mass is 393 g/mol. The lowest BCUT2D eigenvalue weighted by molar-refractivity contribution is -0.134. The second-order valence-corrected chi connectivity index (χ2v) is 9.69. The Morgan fingerprint density at radius 3 is 2.31 bits per heavy atom. The van der Waals surface area contributed by atoms with E-state index in [9.17, 15) is 13.2 Å². The Morgan fingerprint density at radius 2 is 1.73 bits per heavy atom. The molecule has 3 rings (SSSR count). The first kappa shape index (κ1) is 19.0. The third kappa shape index (κ3) is 4.32. The lowest BCUT2D eigenvalue weighted by Crippen LogP contribution is -2.51. The second-order valence-electron chi connectivity index (χ2n) is 6.46. The van der Waals surface area contributed by atoms with Crippen molar-refractivity contribution in [2.75, 3.05) is 33.2 Å². The van der Waals surface area contributed by atoms with E-state index in [1.54, 1.807) is 29.2 Å². The highest BCUT2D eigenvalue weighted by molar-refractivity contribution is 7.91. The van der Waals surface area contributed by atoms with Crippen LogP contribution in [0.3, 0.4) is 0 Å². The van der Waals surface area contributed by atoms with E-state index in [1.165, 1.54) is 11.3 Å². The smallest absolute Gasteiger partial charge is 0.251 e. The van der Waals surface area contributed by atoms with Crippen LogP contribution in [0.5, 0.6) is 0 Å². The Morgan fingerprint density at radius 1 is 1.08 bits per heavy atom. The number of hydrogen-bond donors (Lipinski definition) is 1. The molecule has 26 heavy (non-hydrogen) atoms. The van der Waals surface area contributed by atoms with Gasteiger partial charge in [-0.25, -0.2) is 8.42 Å². The highest BCUT2D eigenvalue weighted by Gasteiger charge is 2.32. The number of rotatable bonds is 5. The zero-order valence-electron chi connectivity index (χ0n) is 14.9. The van der Waals surface area contributed by atoms with E-state index in [1.807, 2.05) is 32.2 Å². The molecule has 2 aromatic rings. The van der Waals surface area contributed by atoms with Gasteiger partial charge in [-0.1, -0.05) is 30.3 Å². The van der Waals surface area contributed by atoms with Crippen molar-refractivity contribution < 1.29 is 13.2 Å². The van der Waals surface area contributed by atoms with Gasteiger partial charge in [0, 0.05) is 31.1 Å². The fourth-order valence-corrected chi connectivity index (χ4v) is 5.36. The Balaban J connectivity index is 1.88. The van der Waals surface area contributed by atoms with Gasteiger partial charge in [0.1, 0.15) is 10.3 Å². The van der Waals surface area contributed by atoms with Crippen molar-refractivity contribution in [1.29, 1.82) is 0 Å². The summed E-state index contributed by atoms with van der Waals surface area (Å²) < 4.78 is 28.4. The van der Waals surface area contributed by atoms with Crippen LogP contribution in [0.2, 0.25) is 0 Å². The lowest BCUT2D eigenvalue weighted by Gasteiger charge is -2.34. The number of carbonyl (C=O) groups excluding carboxylic acids is 1. The molecule has 1 aromatic carbocycles. The number of nitrogens with zero attached hydrogens (tertiary/aromatic N) is 2. The Hall–Kier alpha value is -1.74. The van der Waals surface area contributed by atoms with Gasteiger partial charge >= 0.3 is 0 Å². The molecule has 6 nitrogen and oxygen atoms in total. The van der Waals surface area contributed by atoms with Crippen molar-refractivity contribution in [2.45, 2.75) is 17.2 Å². The minimum atomic E-state index is -3.77. The molecule has 1 saturated heterocycles. The van der Waals surface area contributed by atoms with Gasteiger partial charge in [-0.05, 0) is 31.7 Å². The molecular weight excluding hydrogens is 370 g/mol. The van der Waals surface area contributed by atoms with E-state index in [0.29, 0.717) is 18.7 Å². The Labute approximate surface area is 158 Å². The van der Waals surface area contributed by atoms with Gasteiger partial charge in [0.2, 0.25) is 5.91 Å². The maximum atomic E-state index is 13.1. The molecule has 0 spiro atoms. The molecule has 1 N–H and O–H groups in total. The summed E-state index contributed by atoms with van der Waals surface area (Å²) in [7, 11) is -1.76. The molecule has 1 amide bonds. The van der Waals surface area contributed by atoms with E-state index < -0.39 is 16.1 Å². The number of hydrogen-bond acceptors (Lipinski definition) is 5. The molecule has 1 fully saturated rings. The summed E-state index contributed by atoms with van der Waals surface area (Å²) in [6.07, 6.45) is 0. The number of carbonyl (C=O) groups is 1. The fourth-order valence-electron chi connectivity index (χ4n) is 2.89. The first-order chi connectivity index (χ1) is 12.4. The van der Waals surface area contributed by atoms with E-state index in [2.05, 4.69) is 9.62 Å². The average Bonchev–Trinajstić information content (AvgIpc) is 3.08. The van der Waals surface area contributed by atoms with Crippen LogP contribution in [0.15, 0.2) is 46.7 Å². The van der Waals surface area contributed by atoms with Crippen LogP contribution < -0.4 is 4.72 Å². The Kier molecular flexibility index (Phi) is 5.76. The molecule has 0 aliphatic carbocycles. The van der Waals surface area contributed by atoms with Gasteiger partial charge in [0.15, 0.2) is 0 Å². The normalized spacial score (nSPS) is 17.2. The van der Waals surface area contributed by atoms with Crippen molar-refractivity contribution in [2.24, 2.45) is 0 Å². The maximum absolute atomic E-state index is 13.1. The molecule has 1 aliphatic heterocycles. The lowest BCUT2D eigenvalue weighted by atomic mass is 10.1. The SMILES string of the molecule is Cc1ccc(S(=O)(=O)N[C@H](C(=O)N2CCN(C)CC2)c2ccccc2)s1. The topological polar surface area (TPSA) is 69.7 Å². The molecule has 1 aliphatic rings. The zero-order valence-corrected chi connectivity index (χ0v) is 16.5. The number of piperazine rings is 1. The van der Waals surface area contributed by atoms with Crippen LogP contribution in [0.4, 0.5) is 0 Å². The number of likely N-dealkylation sites (N-methyl/N-ethyl adjacent to an activating group) is 1. The molecule has 8 heteroatoms. The summed E-state index contributed by atoms with van der Waals surface area (Å²) in [4.78, 5) is 17.9. The van der Waals surface area contributed by atoms with Crippen LogP contribution >= 0.6 is 11.3 Å². The van der Waals surface area contributed by atoms with E-state index in [0.717, 1.165) is 18.0 Å². The fraction of sp³-hybridized carbons (Fsp3) is 0.389. The van der Waals surface area contributed by atoms with Gasteiger partial charge in [0.05, 0.1) is 0 Å². The van der Waals surface area contributed by atoms with Crippen LogP contribution in [0.1, 0.15) is 16.5 Å². The van der Waals surface area contributed by atoms with Gasteiger partial charge in [0.25, 0.3) is 10.0 Å². The molecule has 140 valence electrons. The summed E-state index contributed by atoms with van der Waals surface area (Å²) in [5, 5.41) is 0. The van der Waals surface area contributed by atoms with Crippen LogP contribution in [-0.4, -0.2) is 57.4 Å².